The van der Waals surface area contributed by atoms with Crippen LogP contribution in [-0.2, 0) is 11.3 Å². The van der Waals surface area contributed by atoms with Gasteiger partial charge in [-0.2, -0.15) is 0 Å². The summed E-state index contributed by atoms with van der Waals surface area (Å²) in [6.07, 6.45) is 1.09. The summed E-state index contributed by atoms with van der Waals surface area (Å²) < 4.78 is 33.1. The summed E-state index contributed by atoms with van der Waals surface area (Å²) in [5, 5.41) is 0.0251. The minimum absolute atomic E-state index is 0.0251. The zero-order valence-corrected chi connectivity index (χ0v) is 24.6. The highest BCUT2D eigenvalue weighted by Crippen LogP contribution is 2.35. The second kappa shape index (κ2) is 10.9. The molecule has 7 nitrogen and oxygen atoms in total. The SMILES string of the molecule is C=CC(=O)N1CC(F)(Cn2c(=O)c(=O)n(-c3c(C(C)C)cccc3C(C)C)c3nc(-c4ccccc4F)c(Cl)cc32)C1. The van der Waals surface area contributed by atoms with Gasteiger partial charge in [-0.3, -0.25) is 23.5 Å². The summed E-state index contributed by atoms with van der Waals surface area (Å²) in [4.78, 5) is 45.7. The Morgan fingerprint density at radius 1 is 1.05 bits per heavy atom. The van der Waals surface area contributed by atoms with E-state index < -0.39 is 35.1 Å². The van der Waals surface area contributed by atoms with Crippen LogP contribution in [0.25, 0.3) is 28.1 Å². The van der Waals surface area contributed by atoms with Crippen LogP contribution in [0.5, 0.6) is 0 Å². The number of carbonyl (C=O) groups is 1. The van der Waals surface area contributed by atoms with Crippen molar-refractivity contribution in [3.8, 4) is 16.9 Å². The fraction of sp³-hybridized carbons (Fsp3) is 0.312. The minimum Gasteiger partial charge on any atom is -0.332 e. The van der Waals surface area contributed by atoms with Crippen LogP contribution in [0.4, 0.5) is 8.78 Å². The van der Waals surface area contributed by atoms with Gasteiger partial charge in [0, 0.05) is 5.56 Å². The Morgan fingerprint density at radius 3 is 2.24 bits per heavy atom. The van der Waals surface area contributed by atoms with Crippen molar-refractivity contribution in [1.82, 2.24) is 19.0 Å². The molecular weight excluding hydrogens is 562 g/mol. The predicted molar refractivity (Wildman–Crippen MR) is 161 cm³/mol. The molecule has 1 fully saturated rings. The highest BCUT2D eigenvalue weighted by atomic mass is 35.5. The molecule has 1 saturated heterocycles. The number of likely N-dealkylation sites (tertiary alicyclic amines) is 1. The molecule has 2 aromatic heterocycles. The molecule has 1 amide bonds. The first-order valence-electron chi connectivity index (χ1n) is 13.7. The molecule has 2 aromatic carbocycles. The van der Waals surface area contributed by atoms with Crippen LogP contribution in [0.15, 0.2) is 70.8 Å². The third-order valence-electron chi connectivity index (χ3n) is 7.64. The summed E-state index contributed by atoms with van der Waals surface area (Å²) in [5.74, 6) is -1.05. The molecule has 0 unspecified atom stereocenters. The lowest BCUT2D eigenvalue weighted by Crippen LogP contribution is -2.63. The van der Waals surface area contributed by atoms with Gasteiger partial charge < -0.3 is 4.90 Å². The van der Waals surface area contributed by atoms with Crippen LogP contribution < -0.4 is 11.1 Å². The van der Waals surface area contributed by atoms with E-state index in [2.05, 4.69) is 6.58 Å². The summed E-state index contributed by atoms with van der Waals surface area (Å²) >= 11 is 6.65. The van der Waals surface area contributed by atoms with Crippen molar-refractivity contribution in [1.29, 1.82) is 0 Å². The number of alkyl halides is 1. The zero-order valence-electron chi connectivity index (χ0n) is 23.8. The molecule has 4 aromatic rings. The van der Waals surface area contributed by atoms with E-state index in [0.29, 0.717) is 5.69 Å². The maximum atomic E-state index is 15.8. The standard InChI is InChI=1S/C32H31ClF2N4O3/c1-6-26(40)37-15-32(35,16-37)17-38-25-14-23(33)27(22-10-7-8-13-24(22)34)36-29(25)39(31(42)30(38)41)28-20(18(2)3)11-9-12-21(28)19(4)5/h6-14,18-19H,1,15-17H2,2-5H3. The van der Waals surface area contributed by atoms with Crippen molar-refractivity contribution in [2.45, 2.75) is 51.7 Å². The molecule has 10 heteroatoms. The van der Waals surface area contributed by atoms with Crippen LogP contribution in [0.2, 0.25) is 5.02 Å². The molecule has 5 rings (SSSR count). The first kappa shape index (κ1) is 29.4. The number of benzene rings is 2. The number of aromatic nitrogens is 3. The molecule has 0 spiro atoms. The van der Waals surface area contributed by atoms with Crippen LogP contribution >= 0.6 is 11.6 Å². The highest BCUT2D eigenvalue weighted by Gasteiger charge is 2.46. The molecular formula is C32H31ClF2N4O3. The van der Waals surface area contributed by atoms with Gasteiger partial charge in [-0.1, -0.05) is 76.2 Å². The van der Waals surface area contributed by atoms with Crippen LogP contribution in [0, 0.1) is 5.82 Å². The van der Waals surface area contributed by atoms with Crippen molar-refractivity contribution in [3.63, 3.8) is 0 Å². The fourth-order valence-corrected chi connectivity index (χ4v) is 5.78. The Hall–Kier alpha value is -4.11. The molecule has 0 atom stereocenters. The van der Waals surface area contributed by atoms with Gasteiger partial charge in [-0.15, -0.1) is 0 Å². The molecule has 42 heavy (non-hydrogen) atoms. The summed E-state index contributed by atoms with van der Waals surface area (Å²) in [7, 11) is 0. The quantitative estimate of drug-likeness (QED) is 0.195. The van der Waals surface area contributed by atoms with Gasteiger partial charge in [-0.05, 0) is 47.2 Å². The lowest BCUT2D eigenvalue weighted by Gasteiger charge is -2.44. The molecule has 0 N–H and O–H groups in total. The van der Waals surface area contributed by atoms with E-state index in [1.54, 1.807) is 6.07 Å². The van der Waals surface area contributed by atoms with Gasteiger partial charge in [0.25, 0.3) is 0 Å². The number of amides is 1. The molecule has 1 aliphatic rings. The molecule has 3 heterocycles. The summed E-state index contributed by atoms with van der Waals surface area (Å²) in [5.41, 5.74) is -1.37. The molecule has 0 radical (unpaired) electrons. The number of carbonyl (C=O) groups excluding carboxylic acids is 1. The summed E-state index contributed by atoms with van der Waals surface area (Å²) in [6.45, 7) is 10.3. The van der Waals surface area contributed by atoms with E-state index in [1.165, 1.54) is 33.7 Å². The maximum Gasteiger partial charge on any atom is 0.322 e. The van der Waals surface area contributed by atoms with Gasteiger partial charge >= 0.3 is 11.1 Å². The average molecular weight is 593 g/mol. The highest BCUT2D eigenvalue weighted by molar-refractivity contribution is 6.33. The second-order valence-corrected chi connectivity index (χ2v) is 11.7. The van der Waals surface area contributed by atoms with E-state index in [0.717, 1.165) is 21.8 Å². The Labute approximate surface area is 246 Å². The van der Waals surface area contributed by atoms with Gasteiger partial charge in [0.15, 0.2) is 11.3 Å². The van der Waals surface area contributed by atoms with Gasteiger partial charge in [0.1, 0.15) is 5.82 Å². The second-order valence-electron chi connectivity index (χ2n) is 11.3. The van der Waals surface area contributed by atoms with Crippen molar-refractivity contribution < 1.29 is 13.6 Å². The number of fused-ring (bicyclic) bond motifs is 1. The Balaban J connectivity index is 1.86. The molecule has 1 aliphatic heterocycles. The number of halogens is 3. The van der Waals surface area contributed by atoms with Crippen LogP contribution in [0.1, 0.15) is 50.7 Å². The smallest absolute Gasteiger partial charge is 0.322 e. The number of rotatable bonds is 7. The van der Waals surface area contributed by atoms with E-state index in [1.807, 2.05) is 45.9 Å². The van der Waals surface area contributed by atoms with Crippen molar-refractivity contribution in [3.05, 3.63) is 104 Å². The molecule has 0 bridgehead atoms. The van der Waals surface area contributed by atoms with Crippen molar-refractivity contribution in [2.24, 2.45) is 0 Å². The van der Waals surface area contributed by atoms with Gasteiger partial charge in [0.2, 0.25) is 5.91 Å². The number of hydrogen-bond donors (Lipinski definition) is 0. The molecule has 0 saturated carbocycles. The largest absolute Gasteiger partial charge is 0.332 e. The third-order valence-corrected chi connectivity index (χ3v) is 7.93. The lowest BCUT2D eigenvalue weighted by atomic mass is 9.92. The first-order valence-corrected chi connectivity index (χ1v) is 14.1. The average Bonchev–Trinajstić information content (AvgIpc) is 2.94. The van der Waals surface area contributed by atoms with E-state index in [-0.39, 0.29) is 52.4 Å². The molecule has 0 aliphatic carbocycles. The molecule has 218 valence electrons. The first-order chi connectivity index (χ1) is 19.9. The Morgan fingerprint density at radius 2 is 1.67 bits per heavy atom. The van der Waals surface area contributed by atoms with Gasteiger partial charge in [0.05, 0.1) is 41.6 Å². The van der Waals surface area contributed by atoms with Crippen molar-refractivity contribution in [2.75, 3.05) is 13.1 Å². The number of para-hydroxylation sites is 1. The van der Waals surface area contributed by atoms with E-state index >= 15 is 4.39 Å². The zero-order chi connectivity index (χ0) is 30.5. The number of hydrogen-bond acceptors (Lipinski definition) is 4. The Kier molecular flexibility index (Phi) is 7.66. The number of nitrogens with zero attached hydrogens (tertiary/aromatic N) is 4. The number of pyridine rings is 1. The monoisotopic (exact) mass is 592 g/mol. The van der Waals surface area contributed by atoms with E-state index in [4.69, 9.17) is 16.6 Å². The predicted octanol–water partition coefficient (Wildman–Crippen LogP) is 5.99. The lowest BCUT2D eigenvalue weighted by molar-refractivity contribution is -0.141. The van der Waals surface area contributed by atoms with Crippen LogP contribution in [-0.4, -0.2) is 43.7 Å². The third kappa shape index (κ3) is 4.96. The maximum absolute atomic E-state index is 15.8. The Bertz CT molecular complexity index is 1830. The fourth-order valence-electron chi connectivity index (χ4n) is 5.53. The van der Waals surface area contributed by atoms with Crippen LogP contribution in [0.3, 0.4) is 0 Å². The topological polar surface area (TPSA) is 77.2 Å². The van der Waals surface area contributed by atoms with Crippen molar-refractivity contribution >= 4 is 28.7 Å². The summed E-state index contributed by atoms with van der Waals surface area (Å²) in [6, 6.07) is 13.1. The van der Waals surface area contributed by atoms with Gasteiger partial charge in [-0.25, -0.2) is 13.8 Å². The normalized spacial score (nSPS) is 14.5. The minimum atomic E-state index is -1.97. The van der Waals surface area contributed by atoms with E-state index in [9.17, 15) is 18.8 Å².